The Balaban J connectivity index is 2.60. The Kier molecular flexibility index (Phi) is 3.07. The first-order valence-electron chi connectivity index (χ1n) is 4.33. The molecule has 68 valence electrons. The minimum absolute atomic E-state index is 0.271. The molecule has 0 bridgehead atoms. The molecule has 1 aliphatic rings. The molecule has 0 aromatic carbocycles. The van der Waals surface area contributed by atoms with Crippen LogP contribution in [0, 0.1) is 16.7 Å². The molecule has 0 spiro atoms. The van der Waals surface area contributed by atoms with Crippen LogP contribution in [0.15, 0.2) is 0 Å². The number of nitriles is 1. The fraction of sp³-hybridized carbons (Fsp3) is 0.889. The molecule has 1 unspecified atom stereocenters. The maximum atomic E-state index is 9.65. The lowest BCUT2D eigenvalue weighted by molar-refractivity contribution is -0.000612. The number of aliphatic hydroxyl groups excluding tert-OH is 1. The van der Waals surface area contributed by atoms with Crippen molar-refractivity contribution in [3.8, 4) is 6.07 Å². The van der Waals surface area contributed by atoms with Gasteiger partial charge in [-0.05, 0) is 12.8 Å². The van der Waals surface area contributed by atoms with Crippen molar-refractivity contribution in [2.75, 3.05) is 13.7 Å². The Morgan fingerprint density at radius 2 is 2.17 bits per heavy atom. The van der Waals surface area contributed by atoms with Gasteiger partial charge in [0.2, 0.25) is 0 Å². The summed E-state index contributed by atoms with van der Waals surface area (Å²) in [6.07, 6.45) is 3.11. The third-order valence-corrected chi connectivity index (χ3v) is 2.68. The van der Waals surface area contributed by atoms with Gasteiger partial charge in [-0.1, -0.05) is 12.8 Å². The summed E-state index contributed by atoms with van der Waals surface area (Å²) in [7, 11) is 1.54. The predicted octanol–water partition coefficient (Wildman–Crippen LogP) is 1.08. The SMILES string of the molecule is COCC(O)C1(C#N)CCCC1. The summed E-state index contributed by atoms with van der Waals surface area (Å²) in [4.78, 5) is 0. The van der Waals surface area contributed by atoms with Crippen molar-refractivity contribution >= 4 is 0 Å². The van der Waals surface area contributed by atoms with Crippen molar-refractivity contribution in [2.45, 2.75) is 31.8 Å². The van der Waals surface area contributed by atoms with Gasteiger partial charge in [-0.3, -0.25) is 0 Å². The first-order valence-corrected chi connectivity index (χ1v) is 4.33. The van der Waals surface area contributed by atoms with Crippen LogP contribution >= 0.6 is 0 Å². The number of hydrogen-bond donors (Lipinski definition) is 1. The molecule has 0 radical (unpaired) electrons. The number of nitrogens with zero attached hydrogens (tertiary/aromatic N) is 1. The molecule has 0 heterocycles. The fourth-order valence-corrected chi connectivity index (χ4v) is 1.84. The molecule has 1 fully saturated rings. The molecule has 12 heavy (non-hydrogen) atoms. The van der Waals surface area contributed by atoms with Crippen molar-refractivity contribution in [1.82, 2.24) is 0 Å². The molecule has 0 aromatic heterocycles. The van der Waals surface area contributed by atoms with Gasteiger partial charge in [-0.2, -0.15) is 5.26 Å². The van der Waals surface area contributed by atoms with Gasteiger partial charge in [0.1, 0.15) is 0 Å². The lowest BCUT2D eigenvalue weighted by atomic mass is 9.82. The van der Waals surface area contributed by atoms with E-state index in [1.807, 2.05) is 0 Å². The third-order valence-electron chi connectivity index (χ3n) is 2.68. The summed E-state index contributed by atoms with van der Waals surface area (Å²) in [6, 6.07) is 2.23. The maximum Gasteiger partial charge on any atom is 0.0959 e. The summed E-state index contributed by atoms with van der Waals surface area (Å²) in [5.74, 6) is 0. The smallest absolute Gasteiger partial charge is 0.0959 e. The summed E-state index contributed by atoms with van der Waals surface area (Å²) in [6.45, 7) is 0.271. The number of hydrogen-bond acceptors (Lipinski definition) is 3. The fourth-order valence-electron chi connectivity index (χ4n) is 1.84. The van der Waals surface area contributed by atoms with Gasteiger partial charge in [0, 0.05) is 7.11 Å². The molecule has 0 saturated heterocycles. The van der Waals surface area contributed by atoms with E-state index >= 15 is 0 Å². The Morgan fingerprint density at radius 1 is 1.58 bits per heavy atom. The summed E-state index contributed by atoms with van der Waals surface area (Å²) in [5.41, 5.74) is -0.518. The molecule has 0 aromatic rings. The van der Waals surface area contributed by atoms with Crippen LogP contribution in [0.25, 0.3) is 0 Å². The highest BCUT2D eigenvalue weighted by Crippen LogP contribution is 2.40. The van der Waals surface area contributed by atoms with E-state index < -0.39 is 11.5 Å². The summed E-state index contributed by atoms with van der Waals surface area (Å²) in [5, 5.41) is 18.6. The number of aliphatic hydroxyl groups is 1. The average molecular weight is 169 g/mol. The second-order valence-electron chi connectivity index (χ2n) is 3.45. The van der Waals surface area contributed by atoms with Crippen LogP contribution in [0.3, 0.4) is 0 Å². The second kappa shape index (κ2) is 3.88. The Morgan fingerprint density at radius 3 is 2.58 bits per heavy atom. The molecule has 1 atom stereocenters. The van der Waals surface area contributed by atoms with Gasteiger partial charge in [0.25, 0.3) is 0 Å². The number of rotatable bonds is 3. The minimum atomic E-state index is -0.616. The molecular weight excluding hydrogens is 154 g/mol. The number of methoxy groups -OCH3 is 1. The normalized spacial score (nSPS) is 23.4. The average Bonchev–Trinajstić information content (AvgIpc) is 2.54. The molecule has 1 aliphatic carbocycles. The van der Waals surface area contributed by atoms with E-state index in [0.717, 1.165) is 25.7 Å². The van der Waals surface area contributed by atoms with E-state index in [1.54, 1.807) is 7.11 Å². The van der Waals surface area contributed by atoms with Gasteiger partial charge in [-0.25, -0.2) is 0 Å². The number of ether oxygens (including phenoxy) is 1. The monoisotopic (exact) mass is 169 g/mol. The van der Waals surface area contributed by atoms with E-state index in [9.17, 15) is 5.11 Å². The first kappa shape index (κ1) is 9.50. The molecule has 3 nitrogen and oxygen atoms in total. The van der Waals surface area contributed by atoms with Crippen molar-refractivity contribution < 1.29 is 9.84 Å². The van der Waals surface area contributed by atoms with E-state index in [4.69, 9.17) is 10.00 Å². The highest BCUT2D eigenvalue weighted by molar-refractivity contribution is 5.06. The highest BCUT2D eigenvalue weighted by Gasteiger charge is 2.40. The van der Waals surface area contributed by atoms with Gasteiger partial charge in [-0.15, -0.1) is 0 Å². The topological polar surface area (TPSA) is 53.2 Å². The van der Waals surface area contributed by atoms with E-state index in [1.165, 1.54) is 0 Å². The van der Waals surface area contributed by atoms with Crippen LogP contribution in [-0.2, 0) is 4.74 Å². The lowest BCUT2D eigenvalue weighted by Crippen LogP contribution is -2.34. The van der Waals surface area contributed by atoms with Crippen LogP contribution in [0.1, 0.15) is 25.7 Å². The molecule has 1 saturated carbocycles. The van der Waals surface area contributed by atoms with Crippen LogP contribution in [0.2, 0.25) is 0 Å². The standard InChI is InChI=1S/C9H15NO2/c1-12-6-8(11)9(7-10)4-2-3-5-9/h8,11H,2-6H2,1H3. The van der Waals surface area contributed by atoms with Crippen molar-refractivity contribution in [3.05, 3.63) is 0 Å². The largest absolute Gasteiger partial charge is 0.389 e. The van der Waals surface area contributed by atoms with Crippen LogP contribution in [-0.4, -0.2) is 24.9 Å². The molecular formula is C9H15NO2. The Hall–Kier alpha value is -0.590. The second-order valence-corrected chi connectivity index (χ2v) is 3.45. The highest BCUT2D eigenvalue weighted by atomic mass is 16.5. The Bertz CT molecular complexity index is 179. The molecule has 0 aliphatic heterocycles. The van der Waals surface area contributed by atoms with Gasteiger partial charge < -0.3 is 9.84 Å². The third kappa shape index (κ3) is 1.60. The molecule has 3 heteroatoms. The van der Waals surface area contributed by atoms with Gasteiger partial charge in [0.05, 0.1) is 24.2 Å². The zero-order valence-corrected chi connectivity index (χ0v) is 7.42. The summed E-state index contributed by atoms with van der Waals surface area (Å²) < 4.78 is 4.84. The van der Waals surface area contributed by atoms with E-state index in [0.29, 0.717) is 0 Å². The minimum Gasteiger partial charge on any atom is -0.389 e. The Labute approximate surface area is 73.0 Å². The maximum absolute atomic E-state index is 9.65. The van der Waals surface area contributed by atoms with E-state index in [-0.39, 0.29) is 6.61 Å². The molecule has 0 amide bonds. The van der Waals surface area contributed by atoms with Crippen LogP contribution < -0.4 is 0 Å². The van der Waals surface area contributed by atoms with Crippen LogP contribution in [0.4, 0.5) is 0 Å². The predicted molar refractivity (Wildman–Crippen MR) is 44.4 cm³/mol. The zero-order valence-electron chi connectivity index (χ0n) is 7.42. The van der Waals surface area contributed by atoms with Gasteiger partial charge in [0.15, 0.2) is 0 Å². The zero-order chi connectivity index (χ0) is 9.03. The van der Waals surface area contributed by atoms with Gasteiger partial charge >= 0.3 is 0 Å². The van der Waals surface area contributed by atoms with Crippen molar-refractivity contribution in [1.29, 1.82) is 5.26 Å². The lowest BCUT2D eigenvalue weighted by Gasteiger charge is -2.25. The van der Waals surface area contributed by atoms with Crippen molar-refractivity contribution in [3.63, 3.8) is 0 Å². The van der Waals surface area contributed by atoms with Crippen molar-refractivity contribution in [2.24, 2.45) is 5.41 Å². The van der Waals surface area contributed by atoms with E-state index in [2.05, 4.69) is 6.07 Å². The molecule has 1 N–H and O–H groups in total. The first-order chi connectivity index (χ1) is 5.75. The molecule has 1 rings (SSSR count). The van der Waals surface area contributed by atoms with Crippen LogP contribution in [0.5, 0.6) is 0 Å². The quantitative estimate of drug-likeness (QED) is 0.687. The summed E-state index contributed by atoms with van der Waals surface area (Å²) >= 11 is 0.